The van der Waals surface area contributed by atoms with Gasteiger partial charge in [0, 0.05) is 12.0 Å². The van der Waals surface area contributed by atoms with Gasteiger partial charge in [-0.1, -0.05) is 19.1 Å². The van der Waals surface area contributed by atoms with Crippen LogP contribution < -0.4 is 0 Å². The van der Waals surface area contributed by atoms with E-state index in [4.69, 9.17) is 9.47 Å². The summed E-state index contributed by atoms with van der Waals surface area (Å²) in [5, 5.41) is 10.7. The summed E-state index contributed by atoms with van der Waals surface area (Å²) >= 11 is 0. The fraction of sp³-hybridized carbons (Fsp3) is 0.917. The number of hydrogen-bond donors (Lipinski definition) is 1. The summed E-state index contributed by atoms with van der Waals surface area (Å²) in [6.07, 6.45) is 18.2. The van der Waals surface area contributed by atoms with Crippen LogP contribution in [0, 0.1) is 34.5 Å². The fourth-order valence-electron chi connectivity index (χ4n) is 7.97. The summed E-state index contributed by atoms with van der Waals surface area (Å²) in [6, 6.07) is 0. The number of allylic oxidation sites excluding steroid dienone is 2. The van der Waals surface area contributed by atoms with Crippen LogP contribution in [0.4, 0.5) is 0 Å². The van der Waals surface area contributed by atoms with Gasteiger partial charge in [-0.25, -0.2) is 0 Å². The number of aliphatic hydroxyl groups is 1. The predicted octanol–water partition coefficient (Wildman–Crippen LogP) is 5.08. The SMILES string of the molecule is C[C@]12CC[C@H]3[C@@H](CC[C@H]4CC=CC[C@@]43COC3CCCCO3)[C@@H]1CC[C@@H]2O. The Labute approximate surface area is 164 Å². The molecule has 1 N–H and O–H groups in total. The maximum atomic E-state index is 10.7. The first-order valence-corrected chi connectivity index (χ1v) is 11.7. The number of fused-ring (bicyclic) bond motifs is 5. The third-order valence-electron chi connectivity index (χ3n) is 9.55. The number of hydrogen-bond acceptors (Lipinski definition) is 3. The molecule has 152 valence electrons. The van der Waals surface area contributed by atoms with Crippen LogP contribution in [0.2, 0.25) is 0 Å². The summed E-state index contributed by atoms with van der Waals surface area (Å²) in [6.45, 7) is 4.14. The second kappa shape index (κ2) is 7.15. The molecule has 3 nitrogen and oxygen atoms in total. The molecule has 4 aliphatic carbocycles. The zero-order valence-electron chi connectivity index (χ0n) is 17.1. The smallest absolute Gasteiger partial charge is 0.157 e. The van der Waals surface area contributed by atoms with Crippen LogP contribution >= 0.6 is 0 Å². The molecule has 0 aromatic carbocycles. The van der Waals surface area contributed by atoms with Crippen molar-refractivity contribution in [2.75, 3.05) is 13.2 Å². The average molecular weight is 375 g/mol. The van der Waals surface area contributed by atoms with E-state index in [1.165, 1.54) is 57.8 Å². The van der Waals surface area contributed by atoms with Crippen molar-refractivity contribution in [3.8, 4) is 0 Å². The Kier molecular flexibility index (Phi) is 4.93. The fourth-order valence-corrected chi connectivity index (χ4v) is 7.97. The minimum Gasteiger partial charge on any atom is -0.393 e. The van der Waals surface area contributed by atoms with Crippen molar-refractivity contribution < 1.29 is 14.6 Å². The van der Waals surface area contributed by atoms with Gasteiger partial charge in [-0.05, 0) is 99.7 Å². The highest BCUT2D eigenvalue weighted by molar-refractivity contribution is 5.13. The van der Waals surface area contributed by atoms with Gasteiger partial charge in [-0.15, -0.1) is 0 Å². The van der Waals surface area contributed by atoms with Gasteiger partial charge in [-0.3, -0.25) is 0 Å². The third kappa shape index (κ3) is 2.95. The van der Waals surface area contributed by atoms with Crippen LogP contribution in [0.3, 0.4) is 0 Å². The lowest BCUT2D eigenvalue weighted by atomic mass is 9.45. The van der Waals surface area contributed by atoms with E-state index in [0.29, 0.717) is 5.41 Å². The molecule has 0 amide bonds. The van der Waals surface area contributed by atoms with E-state index in [1.54, 1.807) is 0 Å². The Hall–Kier alpha value is -0.380. The molecule has 0 aromatic rings. The molecule has 1 heterocycles. The Morgan fingerprint density at radius 3 is 2.81 bits per heavy atom. The summed E-state index contributed by atoms with van der Waals surface area (Å²) in [5.74, 6) is 3.07. The molecule has 1 saturated heterocycles. The Morgan fingerprint density at radius 1 is 1.04 bits per heavy atom. The highest BCUT2D eigenvalue weighted by Gasteiger charge is 2.60. The normalized spacial score (nSPS) is 52.1. The highest BCUT2D eigenvalue weighted by Crippen LogP contribution is 2.65. The zero-order chi connectivity index (χ0) is 18.5. The van der Waals surface area contributed by atoms with Crippen LogP contribution in [0.15, 0.2) is 12.2 Å². The Balaban J connectivity index is 1.39. The van der Waals surface area contributed by atoms with Gasteiger partial charge in [0.05, 0.1) is 12.7 Å². The molecule has 0 radical (unpaired) electrons. The van der Waals surface area contributed by atoms with Crippen molar-refractivity contribution in [3.63, 3.8) is 0 Å². The lowest BCUT2D eigenvalue weighted by Crippen LogP contribution is -2.56. The lowest BCUT2D eigenvalue weighted by Gasteiger charge is -2.60. The van der Waals surface area contributed by atoms with E-state index in [0.717, 1.165) is 49.7 Å². The lowest BCUT2D eigenvalue weighted by molar-refractivity contribution is -0.210. The molecule has 1 unspecified atom stereocenters. The first-order valence-electron chi connectivity index (χ1n) is 11.7. The minimum absolute atomic E-state index is 0.0298. The van der Waals surface area contributed by atoms with Crippen LogP contribution in [0.25, 0.3) is 0 Å². The van der Waals surface area contributed by atoms with E-state index in [9.17, 15) is 5.11 Å². The van der Waals surface area contributed by atoms with E-state index in [2.05, 4.69) is 19.1 Å². The van der Waals surface area contributed by atoms with Gasteiger partial charge in [0.15, 0.2) is 6.29 Å². The second-order valence-electron chi connectivity index (χ2n) is 10.5. The molecule has 3 heteroatoms. The maximum absolute atomic E-state index is 10.7. The van der Waals surface area contributed by atoms with E-state index in [1.807, 2.05) is 0 Å². The van der Waals surface area contributed by atoms with E-state index in [-0.39, 0.29) is 17.8 Å². The zero-order valence-corrected chi connectivity index (χ0v) is 17.1. The van der Waals surface area contributed by atoms with E-state index >= 15 is 0 Å². The number of rotatable bonds is 3. The summed E-state index contributed by atoms with van der Waals surface area (Å²) in [5.41, 5.74) is 0.486. The molecule has 4 fully saturated rings. The Morgan fingerprint density at radius 2 is 1.96 bits per heavy atom. The molecule has 0 spiro atoms. The molecule has 27 heavy (non-hydrogen) atoms. The highest BCUT2D eigenvalue weighted by atomic mass is 16.7. The van der Waals surface area contributed by atoms with Crippen LogP contribution in [0.1, 0.15) is 77.6 Å². The minimum atomic E-state index is -0.0738. The van der Waals surface area contributed by atoms with Crippen molar-refractivity contribution in [1.29, 1.82) is 0 Å². The van der Waals surface area contributed by atoms with Crippen molar-refractivity contribution in [1.82, 2.24) is 0 Å². The second-order valence-corrected chi connectivity index (χ2v) is 10.5. The maximum Gasteiger partial charge on any atom is 0.157 e. The molecule has 0 bridgehead atoms. The largest absolute Gasteiger partial charge is 0.393 e. The molecule has 0 aromatic heterocycles. The van der Waals surface area contributed by atoms with Crippen LogP contribution in [-0.2, 0) is 9.47 Å². The van der Waals surface area contributed by atoms with Crippen LogP contribution in [0.5, 0.6) is 0 Å². The molecular weight excluding hydrogens is 336 g/mol. The summed E-state index contributed by atoms with van der Waals surface area (Å²) in [7, 11) is 0. The van der Waals surface area contributed by atoms with Gasteiger partial charge in [0.25, 0.3) is 0 Å². The molecule has 5 rings (SSSR count). The predicted molar refractivity (Wildman–Crippen MR) is 106 cm³/mol. The van der Waals surface area contributed by atoms with Gasteiger partial charge in [0.2, 0.25) is 0 Å². The van der Waals surface area contributed by atoms with Gasteiger partial charge in [0.1, 0.15) is 0 Å². The molecule has 8 atom stereocenters. The van der Waals surface area contributed by atoms with Crippen molar-refractivity contribution in [2.45, 2.75) is 89.9 Å². The van der Waals surface area contributed by atoms with Gasteiger partial charge >= 0.3 is 0 Å². The standard InChI is InChI=1S/C24H38O3/c1-23-14-12-20-18(19(23)10-11-21(23)25)9-8-17-6-2-4-13-24(17,20)16-27-22-7-3-5-15-26-22/h2,4,17-22,25H,3,5-16H2,1H3/t17-,18+,19+,20+,21+,22?,23+,24-/m1/s1. The first kappa shape index (κ1) is 18.6. The Bertz CT molecular complexity index is 568. The van der Waals surface area contributed by atoms with Gasteiger partial charge in [-0.2, -0.15) is 0 Å². The topological polar surface area (TPSA) is 38.7 Å². The first-order chi connectivity index (χ1) is 13.1. The molecule has 5 aliphatic rings. The molecule has 1 aliphatic heterocycles. The average Bonchev–Trinajstić information content (AvgIpc) is 3.02. The summed E-state index contributed by atoms with van der Waals surface area (Å²) < 4.78 is 12.4. The quantitative estimate of drug-likeness (QED) is 0.700. The van der Waals surface area contributed by atoms with Crippen molar-refractivity contribution in [3.05, 3.63) is 12.2 Å². The molecule has 3 saturated carbocycles. The number of aliphatic hydroxyl groups excluding tert-OH is 1. The van der Waals surface area contributed by atoms with Gasteiger partial charge < -0.3 is 14.6 Å². The third-order valence-corrected chi connectivity index (χ3v) is 9.55. The molecular formula is C24H38O3. The number of ether oxygens (including phenoxy) is 2. The van der Waals surface area contributed by atoms with E-state index < -0.39 is 0 Å². The van der Waals surface area contributed by atoms with Crippen molar-refractivity contribution in [2.24, 2.45) is 34.5 Å². The van der Waals surface area contributed by atoms with Crippen LogP contribution in [-0.4, -0.2) is 30.7 Å². The monoisotopic (exact) mass is 374 g/mol. The van der Waals surface area contributed by atoms with Crippen molar-refractivity contribution >= 4 is 0 Å². The summed E-state index contributed by atoms with van der Waals surface area (Å²) in [4.78, 5) is 0.